The van der Waals surface area contributed by atoms with Gasteiger partial charge in [-0.3, -0.25) is 4.79 Å². The smallest absolute Gasteiger partial charge is 0.234 e. The lowest BCUT2D eigenvalue weighted by Gasteiger charge is -2.42. The van der Waals surface area contributed by atoms with Crippen molar-refractivity contribution in [3.8, 4) is 0 Å². The number of rotatable bonds is 5. The molecule has 1 saturated heterocycles. The highest BCUT2D eigenvalue weighted by molar-refractivity contribution is 5.85. The summed E-state index contributed by atoms with van der Waals surface area (Å²) < 4.78 is 5.76. The minimum Gasteiger partial charge on any atom is -0.388 e. The average Bonchev–Trinajstić information content (AvgIpc) is 3.06. The van der Waals surface area contributed by atoms with Crippen molar-refractivity contribution in [1.82, 2.24) is 25.6 Å². The van der Waals surface area contributed by atoms with Crippen LogP contribution in [0.5, 0.6) is 0 Å². The predicted molar refractivity (Wildman–Crippen MR) is 89.7 cm³/mol. The van der Waals surface area contributed by atoms with Crippen LogP contribution in [-0.4, -0.2) is 75.2 Å². The Morgan fingerprint density at radius 1 is 1.36 bits per heavy atom. The fraction of sp³-hybridized carbons (Fsp3) is 0.533. The number of amides is 1. The molecule has 0 saturated carbocycles. The molecule has 10 nitrogen and oxygen atoms in total. The number of aliphatic hydroxyl groups is 2. The summed E-state index contributed by atoms with van der Waals surface area (Å²) >= 11 is 0. The summed E-state index contributed by atoms with van der Waals surface area (Å²) in [5.41, 5.74) is 1.39. The monoisotopic (exact) mass is 350 g/mol. The minimum atomic E-state index is -1.25. The van der Waals surface area contributed by atoms with Gasteiger partial charge in [-0.1, -0.05) is 0 Å². The predicted octanol–water partition coefficient (Wildman–Crippen LogP) is -1.46. The molecule has 2 aromatic heterocycles. The zero-order valence-electron chi connectivity index (χ0n) is 13.9. The van der Waals surface area contributed by atoms with Gasteiger partial charge in [-0.05, 0) is 20.0 Å². The van der Waals surface area contributed by atoms with Gasteiger partial charge in [-0.15, -0.1) is 0 Å². The standard InChI is InChI=1S/C15H22N6O4/c1-7-10(20-9(22)5-16-2)12(23)13(24)15(25-7)21-14-11-8(3-4-17-11)18-6-19-14/h3-4,6-7,10,12-13,15-17,23-24H,5H2,1-2H3,(H,20,22)(H,18,19,21)/t7-,10-,12+,13+,15-/m0/s1. The fourth-order valence-corrected chi connectivity index (χ4v) is 2.90. The number of fused-ring (bicyclic) bond motifs is 1. The lowest BCUT2D eigenvalue weighted by molar-refractivity contribution is -0.172. The Kier molecular flexibility index (Phi) is 5.13. The Hall–Kier alpha value is -2.27. The van der Waals surface area contributed by atoms with Crippen LogP contribution in [0.3, 0.4) is 0 Å². The van der Waals surface area contributed by atoms with Crippen LogP contribution in [0.2, 0.25) is 0 Å². The third-order valence-corrected chi connectivity index (χ3v) is 4.18. The molecule has 25 heavy (non-hydrogen) atoms. The number of nitrogens with one attached hydrogen (secondary N) is 4. The number of hydrogen-bond acceptors (Lipinski definition) is 8. The Balaban J connectivity index is 1.72. The maximum absolute atomic E-state index is 11.7. The van der Waals surface area contributed by atoms with Crippen molar-refractivity contribution in [3.05, 3.63) is 18.6 Å². The highest BCUT2D eigenvalue weighted by atomic mass is 16.5. The Bertz CT molecular complexity index is 738. The molecular weight excluding hydrogens is 328 g/mol. The van der Waals surface area contributed by atoms with Crippen molar-refractivity contribution < 1.29 is 19.7 Å². The second-order valence-electron chi connectivity index (χ2n) is 5.97. The first-order chi connectivity index (χ1) is 12.0. The van der Waals surface area contributed by atoms with Gasteiger partial charge in [0.2, 0.25) is 5.91 Å². The second kappa shape index (κ2) is 7.31. The molecule has 0 unspecified atom stereocenters. The number of aromatic amines is 1. The number of aliphatic hydroxyl groups excluding tert-OH is 2. The van der Waals surface area contributed by atoms with Gasteiger partial charge < -0.3 is 35.9 Å². The molecule has 3 heterocycles. The lowest BCUT2D eigenvalue weighted by Crippen LogP contribution is -2.64. The number of carbonyl (C=O) groups is 1. The maximum Gasteiger partial charge on any atom is 0.234 e. The molecular formula is C15H22N6O4. The second-order valence-corrected chi connectivity index (χ2v) is 5.97. The molecule has 6 N–H and O–H groups in total. The van der Waals surface area contributed by atoms with Gasteiger partial charge in [0, 0.05) is 6.20 Å². The summed E-state index contributed by atoms with van der Waals surface area (Å²) in [4.78, 5) is 23.0. The van der Waals surface area contributed by atoms with Crippen LogP contribution in [0.1, 0.15) is 6.92 Å². The van der Waals surface area contributed by atoms with Crippen molar-refractivity contribution >= 4 is 22.8 Å². The van der Waals surface area contributed by atoms with Gasteiger partial charge in [-0.25, -0.2) is 9.97 Å². The topological polar surface area (TPSA) is 144 Å². The molecule has 5 atom stereocenters. The molecule has 0 spiro atoms. The van der Waals surface area contributed by atoms with Gasteiger partial charge in [-0.2, -0.15) is 0 Å². The van der Waals surface area contributed by atoms with Gasteiger partial charge in [0.05, 0.1) is 24.2 Å². The number of aromatic nitrogens is 3. The normalized spacial score (nSPS) is 29.5. The van der Waals surface area contributed by atoms with E-state index in [4.69, 9.17) is 4.74 Å². The molecule has 0 aromatic carbocycles. The minimum absolute atomic E-state index is 0.111. The van der Waals surface area contributed by atoms with Gasteiger partial charge in [0.15, 0.2) is 12.0 Å². The van der Waals surface area contributed by atoms with E-state index in [-0.39, 0.29) is 12.5 Å². The largest absolute Gasteiger partial charge is 0.388 e. The quantitative estimate of drug-likeness (QED) is 0.384. The van der Waals surface area contributed by atoms with Crippen molar-refractivity contribution in [3.63, 3.8) is 0 Å². The summed E-state index contributed by atoms with van der Waals surface area (Å²) in [5.74, 6) is 0.167. The van der Waals surface area contributed by atoms with E-state index < -0.39 is 30.6 Å². The highest BCUT2D eigenvalue weighted by Gasteiger charge is 2.43. The van der Waals surface area contributed by atoms with Crippen LogP contribution in [0.4, 0.5) is 5.82 Å². The highest BCUT2D eigenvalue weighted by Crippen LogP contribution is 2.24. The van der Waals surface area contributed by atoms with Crippen LogP contribution in [0, 0.1) is 0 Å². The molecule has 1 aliphatic rings. The summed E-state index contributed by atoms with van der Waals surface area (Å²) in [7, 11) is 1.65. The van der Waals surface area contributed by atoms with Crippen LogP contribution < -0.4 is 16.0 Å². The summed E-state index contributed by atoms with van der Waals surface area (Å²) in [5, 5.41) is 29.2. The number of nitrogens with zero attached hydrogens (tertiary/aromatic N) is 2. The third-order valence-electron chi connectivity index (χ3n) is 4.18. The van der Waals surface area contributed by atoms with Crippen LogP contribution in [0.15, 0.2) is 18.6 Å². The summed E-state index contributed by atoms with van der Waals surface area (Å²) in [6.45, 7) is 1.83. The van der Waals surface area contributed by atoms with E-state index in [1.54, 1.807) is 26.2 Å². The molecule has 1 fully saturated rings. The summed E-state index contributed by atoms with van der Waals surface area (Å²) in [6.07, 6.45) is -0.720. The summed E-state index contributed by atoms with van der Waals surface area (Å²) in [6, 6.07) is 1.08. The molecule has 2 aromatic rings. The molecule has 0 bridgehead atoms. The van der Waals surface area contributed by atoms with E-state index in [1.807, 2.05) is 0 Å². The van der Waals surface area contributed by atoms with Crippen molar-refractivity contribution in [2.75, 3.05) is 18.9 Å². The van der Waals surface area contributed by atoms with E-state index in [2.05, 4.69) is 30.9 Å². The molecule has 3 rings (SSSR count). The fourth-order valence-electron chi connectivity index (χ4n) is 2.90. The van der Waals surface area contributed by atoms with Crippen molar-refractivity contribution in [1.29, 1.82) is 0 Å². The van der Waals surface area contributed by atoms with E-state index in [9.17, 15) is 15.0 Å². The number of likely N-dealkylation sites (N-methyl/N-ethyl adjacent to an activating group) is 1. The van der Waals surface area contributed by atoms with Gasteiger partial charge >= 0.3 is 0 Å². The van der Waals surface area contributed by atoms with Crippen molar-refractivity contribution in [2.45, 2.75) is 37.5 Å². The first kappa shape index (κ1) is 17.5. The molecule has 0 aliphatic carbocycles. The van der Waals surface area contributed by atoms with Crippen LogP contribution >= 0.6 is 0 Å². The van der Waals surface area contributed by atoms with E-state index >= 15 is 0 Å². The Labute approximate surface area is 144 Å². The third kappa shape index (κ3) is 3.56. The number of carbonyl (C=O) groups excluding carboxylic acids is 1. The molecule has 1 amide bonds. The van der Waals surface area contributed by atoms with Gasteiger partial charge in [0.1, 0.15) is 24.1 Å². The van der Waals surface area contributed by atoms with Crippen LogP contribution in [-0.2, 0) is 9.53 Å². The van der Waals surface area contributed by atoms with Crippen molar-refractivity contribution in [2.24, 2.45) is 0 Å². The lowest BCUT2D eigenvalue weighted by atomic mass is 9.96. The molecule has 1 aliphatic heterocycles. The van der Waals surface area contributed by atoms with Crippen LogP contribution in [0.25, 0.3) is 11.0 Å². The molecule has 10 heteroatoms. The number of anilines is 1. The van der Waals surface area contributed by atoms with E-state index in [0.29, 0.717) is 16.9 Å². The number of H-pyrrole nitrogens is 1. The zero-order valence-corrected chi connectivity index (χ0v) is 13.9. The number of ether oxygens (including phenoxy) is 1. The van der Waals surface area contributed by atoms with E-state index in [1.165, 1.54) is 6.33 Å². The Morgan fingerprint density at radius 3 is 2.92 bits per heavy atom. The molecule has 0 radical (unpaired) electrons. The number of hydrogen-bond donors (Lipinski definition) is 6. The first-order valence-electron chi connectivity index (χ1n) is 8.01. The zero-order chi connectivity index (χ0) is 18.0. The van der Waals surface area contributed by atoms with E-state index in [0.717, 1.165) is 0 Å². The first-order valence-corrected chi connectivity index (χ1v) is 8.01. The molecule has 136 valence electrons. The van der Waals surface area contributed by atoms with Gasteiger partial charge in [0.25, 0.3) is 0 Å². The SMILES string of the molecule is CNCC(=O)N[C@@H]1[C@@H](O)[C@@H](O)[C@@H](Nc2ncnc3cc[nH]c23)O[C@H]1C. The average molecular weight is 350 g/mol. The maximum atomic E-state index is 11.7. The Morgan fingerprint density at radius 2 is 2.16 bits per heavy atom.